The van der Waals surface area contributed by atoms with E-state index in [0.717, 1.165) is 56.0 Å². The molecule has 0 bridgehead atoms. The number of nitro benzene ring substituents is 1. The average Bonchev–Trinajstić information content (AvgIpc) is 3.04. The van der Waals surface area contributed by atoms with Crippen LogP contribution in [-0.2, 0) is 13.0 Å². The van der Waals surface area contributed by atoms with E-state index in [1.807, 2.05) is 6.07 Å². The summed E-state index contributed by atoms with van der Waals surface area (Å²) in [5.74, 6) is 1.04. The van der Waals surface area contributed by atoms with Crippen molar-refractivity contribution in [2.45, 2.75) is 46.1 Å². The van der Waals surface area contributed by atoms with E-state index in [0.29, 0.717) is 0 Å². The molecule has 1 aliphatic heterocycles. The van der Waals surface area contributed by atoms with Crippen molar-refractivity contribution in [2.24, 2.45) is 0 Å². The number of hydrogen-bond donors (Lipinski definition) is 0. The number of hydrogen-bond acceptors (Lipinski definition) is 5. The van der Waals surface area contributed by atoms with E-state index in [1.165, 1.54) is 32.4 Å². The average molecular weight is 410 g/mol. The molecule has 28 heavy (non-hydrogen) atoms. The molecule has 0 atom stereocenters. The van der Waals surface area contributed by atoms with Crippen molar-refractivity contribution < 1.29 is 4.92 Å². The van der Waals surface area contributed by atoms with Gasteiger partial charge < -0.3 is 14.4 Å². The number of nitrogens with zero attached hydrogens (tertiary/aromatic N) is 5. The van der Waals surface area contributed by atoms with Crippen molar-refractivity contribution in [3.8, 4) is 0 Å². The van der Waals surface area contributed by atoms with E-state index in [2.05, 4.69) is 28.2 Å². The predicted octanol–water partition coefficient (Wildman–Crippen LogP) is 3.74. The highest BCUT2D eigenvalue weighted by Crippen LogP contribution is 2.23. The second-order valence-corrected chi connectivity index (χ2v) is 7.29. The van der Waals surface area contributed by atoms with E-state index in [9.17, 15) is 10.1 Å². The normalized spacial score (nSPS) is 15.1. The first-order chi connectivity index (χ1) is 13.1. The minimum Gasteiger partial charge on any atom is -0.327 e. The quantitative estimate of drug-likeness (QED) is 0.466. The highest BCUT2D eigenvalue weighted by Gasteiger charge is 2.17. The first kappa shape index (κ1) is 22.6. The van der Waals surface area contributed by atoms with Crippen molar-refractivity contribution in [3.63, 3.8) is 0 Å². The molecule has 8 heteroatoms. The summed E-state index contributed by atoms with van der Waals surface area (Å²) < 4.78 is 2.27. The number of piperidine rings is 1. The molecule has 0 aliphatic carbocycles. The van der Waals surface area contributed by atoms with Crippen LogP contribution in [0.3, 0.4) is 0 Å². The maximum atomic E-state index is 11.1. The summed E-state index contributed by atoms with van der Waals surface area (Å²) in [6.45, 7) is 11.6. The Kier molecular flexibility index (Phi) is 8.66. The largest absolute Gasteiger partial charge is 0.327 e. The van der Waals surface area contributed by atoms with Crippen LogP contribution in [0.1, 0.15) is 38.9 Å². The van der Waals surface area contributed by atoms with Crippen LogP contribution in [0.25, 0.3) is 11.0 Å². The van der Waals surface area contributed by atoms with Crippen LogP contribution in [0.15, 0.2) is 18.2 Å². The standard InChI is InChI=1S/C20H31N5O2.ClH/c1-3-22(4-2)14-15-24-19-9-8-17(25(26)27)16-18(19)21-20(24)10-13-23-11-6-5-7-12-23;/h8-9,16H,3-7,10-15H2,1-2H3;1H. The fraction of sp³-hybridized carbons (Fsp3) is 0.650. The van der Waals surface area contributed by atoms with Gasteiger partial charge in [0.1, 0.15) is 5.82 Å². The molecular weight excluding hydrogens is 378 g/mol. The number of likely N-dealkylation sites (tertiary alicyclic amines) is 1. The Balaban J connectivity index is 0.00000280. The highest BCUT2D eigenvalue weighted by atomic mass is 35.5. The van der Waals surface area contributed by atoms with Gasteiger partial charge in [-0.2, -0.15) is 0 Å². The Hall–Kier alpha value is -1.70. The molecule has 1 fully saturated rings. The minimum absolute atomic E-state index is 0. The topological polar surface area (TPSA) is 67.4 Å². The number of likely N-dealkylation sites (N-methyl/N-ethyl adjacent to an activating group) is 1. The van der Waals surface area contributed by atoms with Gasteiger partial charge in [-0.05, 0) is 45.1 Å². The number of aromatic nitrogens is 2. The maximum Gasteiger partial charge on any atom is 0.271 e. The molecule has 0 N–H and O–H groups in total. The molecule has 0 spiro atoms. The number of rotatable bonds is 9. The molecule has 1 saturated heterocycles. The van der Waals surface area contributed by atoms with Gasteiger partial charge in [0.2, 0.25) is 0 Å². The number of benzene rings is 1. The zero-order valence-electron chi connectivity index (χ0n) is 17.0. The summed E-state index contributed by atoms with van der Waals surface area (Å²) in [5, 5.41) is 11.1. The molecule has 156 valence electrons. The summed E-state index contributed by atoms with van der Waals surface area (Å²) in [6.07, 6.45) is 4.79. The Morgan fingerprint density at radius 3 is 2.50 bits per heavy atom. The molecule has 7 nitrogen and oxygen atoms in total. The lowest BCUT2D eigenvalue weighted by molar-refractivity contribution is -0.384. The molecule has 1 aromatic heterocycles. The Bertz CT molecular complexity index is 769. The van der Waals surface area contributed by atoms with Crippen LogP contribution < -0.4 is 0 Å². The van der Waals surface area contributed by atoms with Gasteiger partial charge in [0, 0.05) is 38.2 Å². The van der Waals surface area contributed by atoms with Crippen LogP contribution in [0.5, 0.6) is 0 Å². The molecule has 0 amide bonds. The van der Waals surface area contributed by atoms with Crippen LogP contribution >= 0.6 is 12.4 Å². The van der Waals surface area contributed by atoms with E-state index in [1.54, 1.807) is 12.1 Å². The number of non-ortho nitro benzene ring substituents is 1. The zero-order valence-corrected chi connectivity index (χ0v) is 17.8. The molecule has 1 aliphatic rings. The van der Waals surface area contributed by atoms with Gasteiger partial charge >= 0.3 is 0 Å². The fourth-order valence-corrected chi connectivity index (χ4v) is 3.94. The summed E-state index contributed by atoms with van der Waals surface area (Å²) in [7, 11) is 0. The van der Waals surface area contributed by atoms with Gasteiger partial charge in [-0.15, -0.1) is 12.4 Å². The highest BCUT2D eigenvalue weighted by molar-refractivity contribution is 5.85. The smallest absolute Gasteiger partial charge is 0.271 e. The summed E-state index contributed by atoms with van der Waals surface area (Å²) in [4.78, 5) is 20.5. The third-order valence-electron chi connectivity index (χ3n) is 5.66. The number of fused-ring (bicyclic) bond motifs is 1. The molecule has 2 heterocycles. The third-order valence-corrected chi connectivity index (χ3v) is 5.66. The second kappa shape index (κ2) is 10.7. The Labute approximate surface area is 173 Å². The van der Waals surface area contributed by atoms with Crippen molar-refractivity contribution in [2.75, 3.05) is 39.3 Å². The van der Waals surface area contributed by atoms with Gasteiger partial charge in [0.25, 0.3) is 5.69 Å². The number of nitro groups is 1. The summed E-state index contributed by atoms with van der Waals surface area (Å²) in [5.41, 5.74) is 1.84. The fourth-order valence-electron chi connectivity index (χ4n) is 3.94. The van der Waals surface area contributed by atoms with Gasteiger partial charge in [-0.1, -0.05) is 20.3 Å². The van der Waals surface area contributed by atoms with E-state index in [4.69, 9.17) is 4.98 Å². The first-order valence-electron chi connectivity index (χ1n) is 10.2. The van der Waals surface area contributed by atoms with Gasteiger partial charge in [-0.25, -0.2) is 4.98 Å². The first-order valence-corrected chi connectivity index (χ1v) is 10.2. The lowest BCUT2D eigenvalue weighted by Crippen LogP contribution is -2.32. The molecule has 0 radical (unpaired) electrons. The van der Waals surface area contributed by atoms with Crippen LogP contribution in [-0.4, -0.2) is 63.5 Å². The lowest BCUT2D eigenvalue weighted by Gasteiger charge is -2.26. The molecule has 0 unspecified atom stereocenters. The van der Waals surface area contributed by atoms with Crippen molar-refractivity contribution in [3.05, 3.63) is 34.1 Å². The monoisotopic (exact) mass is 409 g/mol. The number of imidazole rings is 1. The van der Waals surface area contributed by atoms with Crippen molar-refractivity contribution >= 4 is 29.1 Å². The molecular formula is C20H32ClN5O2. The van der Waals surface area contributed by atoms with Crippen molar-refractivity contribution in [1.82, 2.24) is 19.4 Å². The Morgan fingerprint density at radius 1 is 1.14 bits per heavy atom. The maximum absolute atomic E-state index is 11.1. The molecule has 1 aromatic carbocycles. The van der Waals surface area contributed by atoms with Crippen LogP contribution in [0.4, 0.5) is 5.69 Å². The van der Waals surface area contributed by atoms with Crippen LogP contribution in [0.2, 0.25) is 0 Å². The van der Waals surface area contributed by atoms with Crippen LogP contribution in [0, 0.1) is 10.1 Å². The minimum atomic E-state index is -0.345. The lowest BCUT2D eigenvalue weighted by atomic mass is 10.1. The van der Waals surface area contributed by atoms with Gasteiger partial charge in [0.05, 0.1) is 16.0 Å². The summed E-state index contributed by atoms with van der Waals surface area (Å²) >= 11 is 0. The third kappa shape index (κ3) is 5.43. The predicted molar refractivity (Wildman–Crippen MR) is 115 cm³/mol. The van der Waals surface area contributed by atoms with Gasteiger partial charge in [0.15, 0.2) is 0 Å². The molecule has 0 saturated carbocycles. The molecule has 3 rings (SSSR count). The second-order valence-electron chi connectivity index (χ2n) is 7.29. The van der Waals surface area contributed by atoms with Gasteiger partial charge in [-0.3, -0.25) is 10.1 Å². The van der Waals surface area contributed by atoms with E-state index < -0.39 is 0 Å². The van der Waals surface area contributed by atoms with E-state index in [-0.39, 0.29) is 23.0 Å². The van der Waals surface area contributed by atoms with E-state index >= 15 is 0 Å². The molecule has 2 aromatic rings. The Morgan fingerprint density at radius 2 is 1.86 bits per heavy atom. The zero-order chi connectivity index (χ0) is 19.2. The SMILES string of the molecule is CCN(CC)CCn1c(CCN2CCCCC2)nc2cc([N+](=O)[O-])ccc21.Cl. The summed E-state index contributed by atoms with van der Waals surface area (Å²) in [6, 6.07) is 5.05. The van der Waals surface area contributed by atoms with Crippen molar-refractivity contribution in [1.29, 1.82) is 0 Å². The number of halogens is 1.